The highest BCUT2D eigenvalue weighted by molar-refractivity contribution is 7.99. The van der Waals surface area contributed by atoms with E-state index >= 15 is 0 Å². The molecule has 0 aliphatic carbocycles. The summed E-state index contributed by atoms with van der Waals surface area (Å²) >= 11 is 1.15. The van der Waals surface area contributed by atoms with Gasteiger partial charge in [0.05, 0.1) is 10.6 Å². The zero-order valence-electron chi connectivity index (χ0n) is 17.6. The molecule has 2 heterocycles. The van der Waals surface area contributed by atoms with Gasteiger partial charge in [-0.25, -0.2) is 17.8 Å². The van der Waals surface area contributed by atoms with Crippen molar-refractivity contribution in [3.63, 3.8) is 0 Å². The monoisotopic (exact) mass is 487 g/mol. The van der Waals surface area contributed by atoms with Gasteiger partial charge >= 0.3 is 0 Å². The molecule has 0 spiro atoms. The summed E-state index contributed by atoms with van der Waals surface area (Å²) in [5, 5.41) is 9.95. The molecule has 8 nitrogen and oxygen atoms in total. The van der Waals surface area contributed by atoms with Crippen LogP contribution in [0, 0.1) is 5.82 Å². The van der Waals surface area contributed by atoms with Gasteiger partial charge in [0, 0.05) is 18.8 Å². The molecule has 0 unspecified atom stereocenters. The minimum atomic E-state index is -3.55. The smallest absolute Gasteiger partial charge is 0.243 e. The largest absolute Gasteiger partial charge is 0.325 e. The first-order chi connectivity index (χ1) is 15.9. The van der Waals surface area contributed by atoms with E-state index in [4.69, 9.17) is 0 Å². The highest BCUT2D eigenvalue weighted by Crippen LogP contribution is 2.23. The van der Waals surface area contributed by atoms with Gasteiger partial charge in [-0.3, -0.25) is 9.89 Å². The van der Waals surface area contributed by atoms with Crippen LogP contribution in [0.15, 0.2) is 58.6 Å². The molecule has 2 aromatic carbocycles. The molecule has 1 aliphatic rings. The van der Waals surface area contributed by atoms with Crippen LogP contribution < -0.4 is 5.32 Å². The highest BCUT2D eigenvalue weighted by atomic mass is 32.2. The zero-order chi connectivity index (χ0) is 23.3. The first kappa shape index (κ1) is 23.1. The Morgan fingerprint density at radius 3 is 2.67 bits per heavy atom. The molecule has 0 bridgehead atoms. The van der Waals surface area contributed by atoms with Crippen molar-refractivity contribution in [2.24, 2.45) is 0 Å². The summed E-state index contributed by atoms with van der Waals surface area (Å²) in [6.45, 7) is 1.04. The Kier molecular flexibility index (Phi) is 7.21. The van der Waals surface area contributed by atoms with Crippen molar-refractivity contribution in [1.29, 1.82) is 0 Å². The summed E-state index contributed by atoms with van der Waals surface area (Å²) in [5.41, 5.74) is 1.23. The molecule has 11 heteroatoms. The van der Waals surface area contributed by atoms with E-state index in [1.165, 1.54) is 28.6 Å². The third kappa shape index (κ3) is 6.06. The minimum Gasteiger partial charge on any atom is -0.325 e. The van der Waals surface area contributed by atoms with Crippen molar-refractivity contribution < 1.29 is 17.6 Å². The van der Waals surface area contributed by atoms with Crippen LogP contribution in [-0.2, 0) is 14.8 Å². The lowest BCUT2D eigenvalue weighted by Crippen LogP contribution is -2.28. The number of amides is 1. The number of carbonyl (C=O) groups excluding carboxylic acids is 1. The molecule has 0 radical (unpaired) electrons. The van der Waals surface area contributed by atoms with Crippen LogP contribution in [0.1, 0.15) is 24.2 Å². The fourth-order valence-electron chi connectivity index (χ4n) is 3.29. The average molecular weight is 488 g/mol. The van der Waals surface area contributed by atoms with E-state index < -0.39 is 10.0 Å². The number of nitrogens with one attached hydrogen (secondary N) is 2. The average Bonchev–Trinajstić information content (AvgIpc) is 3.50. The minimum absolute atomic E-state index is 0.0576. The van der Waals surface area contributed by atoms with Crippen LogP contribution in [0.5, 0.6) is 0 Å². The van der Waals surface area contributed by atoms with Gasteiger partial charge in [-0.05, 0) is 54.8 Å². The summed E-state index contributed by atoms with van der Waals surface area (Å²) in [6, 6.07) is 12.3. The van der Waals surface area contributed by atoms with Crippen LogP contribution in [0.25, 0.3) is 12.2 Å². The molecular weight excluding hydrogens is 465 g/mol. The van der Waals surface area contributed by atoms with Crippen LogP contribution >= 0.6 is 11.8 Å². The molecular formula is C22H22FN5O3S2. The molecule has 33 heavy (non-hydrogen) atoms. The van der Waals surface area contributed by atoms with E-state index in [9.17, 15) is 17.6 Å². The van der Waals surface area contributed by atoms with Gasteiger partial charge in [-0.1, -0.05) is 36.0 Å². The van der Waals surface area contributed by atoms with Crippen LogP contribution in [0.3, 0.4) is 0 Å². The maximum Gasteiger partial charge on any atom is 0.243 e. The molecule has 0 atom stereocenters. The van der Waals surface area contributed by atoms with Crippen LogP contribution in [0.4, 0.5) is 10.1 Å². The summed E-state index contributed by atoms with van der Waals surface area (Å²) in [6.07, 6.45) is 5.19. The number of nitrogens with zero attached hydrogens (tertiary/aromatic N) is 3. The number of thioether (sulfide) groups is 1. The lowest BCUT2D eigenvalue weighted by atomic mass is 10.2. The first-order valence-corrected chi connectivity index (χ1v) is 12.7. The van der Waals surface area contributed by atoms with E-state index in [0.29, 0.717) is 29.8 Å². The number of halogens is 1. The maximum atomic E-state index is 13.0. The Morgan fingerprint density at radius 1 is 1.15 bits per heavy atom. The quantitative estimate of drug-likeness (QED) is 0.470. The van der Waals surface area contributed by atoms with Gasteiger partial charge in [0.25, 0.3) is 0 Å². The second kappa shape index (κ2) is 10.3. The van der Waals surface area contributed by atoms with Gasteiger partial charge in [0.1, 0.15) is 11.6 Å². The SMILES string of the molecule is O=C(CSc1n[nH]c(/C=C/c2ccc(F)cc2)n1)Nc1cccc(S(=O)(=O)N2CCCC2)c1. The van der Waals surface area contributed by atoms with E-state index in [2.05, 4.69) is 20.5 Å². The Bertz CT molecular complexity index is 1250. The summed E-state index contributed by atoms with van der Waals surface area (Å²) in [7, 11) is -3.55. The van der Waals surface area contributed by atoms with Gasteiger partial charge < -0.3 is 5.32 Å². The van der Waals surface area contributed by atoms with Crippen molar-refractivity contribution in [3.05, 3.63) is 65.7 Å². The molecule has 0 saturated carbocycles. The number of hydrogen-bond acceptors (Lipinski definition) is 6. The van der Waals surface area contributed by atoms with Crippen LogP contribution in [0.2, 0.25) is 0 Å². The Labute approximate surface area is 195 Å². The van der Waals surface area contributed by atoms with Crippen molar-refractivity contribution in [2.45, 2.75) is 22.9 Å². The summed E-state index contributed by atoms with van der Waals surface area (Å²) < 4.78 is 39.8. The van der Waals surface area contributed by atoms with Gasteiger partial charge in [-0.15, -0.1) is 5.10 Å². The van der Waals surface area contributed by atoms with E-state index in [-0.39, 0.29) is 22.4 Å². The third-order valence-corrected chi connectivity index (χ3v) is 7.68. The second-order valence-electron chi connectivity index (χ2n) is 7.36. The highest BCUT2D eigenvalue weighted by Gasteiger charge is 2.27. The molecule has 2 N–H and O–H groups in total. The van der Waals surface area contributed by atoms with E-state index in [0.717, 1.165) is 30.2 Å². The lowest BCUT2D eigenvalue weighted by Gasteiger charge is -2.16. The number of rotatable bonds is 8. The topological polar surface area (TPSA) is 108 Å². The zero-order valence-corrected chi connectivity index (χ0v) is 19.2. The number of anilines is 1. The Balaban J connectivity index is 1.31. The molecule has 1 amide bonds. The molecule has 1 saturated heterocycles. The van der Waals surface area contributed by atoms with Gasteiger partial charge in [0.15, 0.2) is 0 Å². The lowest BCUT2D eigenvalue weighted by molar-refractivity contribution is -0.113. The molecule has 1 aromatic heterocycles. The van der Waals surface area contributed by atoms with Crippen molar-refractivity contribution in [3.8, 4) is 0 Å². The van der Waals surface area contributed by atoms with E-state index in [1.807, 2.05) is 0 Å². The molecule has 1 aliphatic heterocycles. The standard InChI is InChI=1S/C22H22FN5O3S2/c23-17-9-6-16(7-10-17)8-11-20-25-22(27-26-20)32-15-21(29)24-18-4-3-5-19(14-18)33(30,31)28-12-1-2-13-28/h3-11,14H,1-2,12-13,15H2,(H,24,29)(H,25,26,27)/b11-8+. The third-order valence-electron chi connectivity index (χ3n) is 4.94. The number of hydrogen-bond donors (Lipinski definition) is 2. The molecule has 3 aromatic rings. The number of carbonyl (C=O) groups is 1. The fourth-order valence-corrected chi connectivity index (χ4v) is 5.45. The van der Waals surface area contributed by atoms with Crippen molar-refractivity contribution in [1.82, 2.24) is 19.5 Å². The predicted octanol–water partition coefficient (Wildman–Crippen LogP) is 3.63. The van der Waals surface area contributed by atoms with Gasteiger partial charge in [0.2, 0.25) is 21.1 Å². The van der Waals surface area contributed by atoms with Gasteiger partial charge in [-0.2, -0.15) is 4.31 Å². The normalized spacial score (nSPS) is 14.7. The Hall–Kier alpha value is -3.02. The number of benzene rings is 2. The molecule has 1 fully saturated rings. The Morgan fingerprint density at radius 2 is 1.91 bits per heavy atom. The molecule has 172 valence electrons. The number of aromatic nitrogens is 3. The first-order valence-electron chi connectivity index (χ1n) is 10.3. The van der Waals surface area contributed by atoms with E-state index in [1.54, 1.807) is 36.4 Å². The summed E-state index contributed by atoms with van der Waals surface area (Å²) in [4.78, 5) is 16.8. The number of aromatic amines is 1. The maximum absolute atomic E-state index is 13.0. The van der Waals surface area contributed by atoms with Crippen LogP contribution in [-0.4, -0.2) is 52.7 Å². The van der Waals surface area contributed by atoms with Crippen molar-refractivity contribution >= 4 is 45.5 Å². The van der Waals surface area contributed by atoms with Crippen molar-refractivity contribution in [2.75, 3.05) is 24.2 Å². The fraction of sp³-hybridized carbons (Fsp3) is 0.227. The molecule has 4 rings (SSSR count). The number of sulfonamides is 1. The predicted molar refractivity (Wildman–Crippen MR) is 125 cm³/mol. The number of H-pyrrole nitrogens is 1. The summed E-state index contributed by atoms with van der Waals surface area (Å²) in [5.74, 6) is -0.0445. The second-order valence-corrected chi connectivity index (χ2v) is 10.2.